The number of carbonyl (C=O) groups excluding carboxylic acids is 1. The van der Waals surface area contributed by atoms with Gasteiger partial charge in [0, 0.05) is 28.4 Å². The van der Waals surface area contributed by atoms with E-state index in [-0.39, 0.29) is 17.4 Å². The second kappa shape index (κ2) is 8.02. The lowest BCUT2D eigenvalue weighted by Gasteiger charge is -2.09. The number of hydrogen-bond acceptors (Lipinski definition) is 5. The molecule has 0 atom stereocenters. The van der Waals surface area contributed by atoms with Crippen molar-refractivity contribution >= 4 is 34.7 Å². The van der Waals surface area contributed by atoms with E-state index in [1.807, 2.05) is 24.4 Å². The maximum atomic E-state index is 12.7. The van der Waals surface area contributed by atoms with Crippen molar-refractivity contribution in [1.82, 2.24) is 19.7 Å². The Morgan fingerprint density at radius 3 is 2.83 bits per heavy atom. The Kier molecular flexibility index (Phi) is 5.28. The van der Waals surface area contributed by atoms with Gasteiger partial charge in [0.15, 0.2) is 0 Å². The molecule has 4 rings (SSSR count). The van der Waals surface area contributed by atoms with Crippen LogP contribution in [0.25, 0.3) is 16.5 Å². The Hall–Kier alpha value is -3.23. The third-order valence-electron chi connectivity index (χ3n) is 4.16. The first-order chi connectivity index (χ1) is 14.0. The number of amides is 1. The molecular formula is C20H16ClN5O2S. The normalized spacial score (nSPS) is 10.8. The molecule has 9 heteroatoms. The lowest BCUT2D eigenvalue weighted by Crippen LogP contribution is -2.19. The number of aryl methyl sites for hydroxylation is 1. The van der Waals surface area contributed by atoms with Crippen LogP contribution in [0.2, 0.25) is 5.02 Å². The summed E-state index contributed by atoms with van der Waals surface area (Å²) in [6, 6.07) is 13.7. The van der Waals surface area contributed by atoms with Crippen LogP contribution in [0.15, 0.2) is 58.7 Å². The number of nitrogens with zero attached hydrogens (tertiary/aromatic N) is 3. The first-order valence-corrected chi connectivity index (χ1v) is 10.1. The van der Waals surface area contributed by atoms with Crippen molar-refractivity contribution in [3.63, 3.8) is 0 Å². The van der Waals surface area contributed by atoms with E-state index in [1.165, 1.54) is 22.1 Å². The zero-order valence-electron chi connectivity index (χ0n) is 15.3. The Bertz CT molecular complexity index is 1230. The molecule has 2 N–H and O–H groups in total. The fourth-order valence-corrected chi connectivity index (χ4v) is 3.64. The van der Waals surface area contributed by atoms with E-state index in [9.17, 15) is 9.59 Å². The summed E-state index contributed by atoms with van der Waals surface area (Å²) in [4.78, 5) is 32.8. The van der Waals surface area contributed by atoms with Gasteiger partial charge in [0.25, 0.3) is 11.5 Å². The van der Waals surface area contributed by atoms with Crippen LogP contribution in [-0.2, 0) is 6.42 Å². The van der Waals surface area contributed by atoms with E-state index >= 15 is 0 Å². The van der Waals surface area contributed by atoms with Crippen molar-refractivity contribution in [3.05, 3.63) is 80.5 Å². The molecule has 0 aliphatic heterocycles. The molecule has 4 aromatic rings. The highest BCUT2D eigenvalue weighted by atomic mass is 35.5. The van der Waals surface area contributed by atoms with Crippen LogP contribution in [0, 0.1) is 0 Å². The van der Waals surface area contributed by atoms with Gasteiger partial charge in [-0.2, -0.15) is 9.78 Å². The molecule has 3 aromatic heterocycles. The summed E-state index contributed by atoms with van der Waals surface area (Å²) in [6.45, 7) is 1.91. The lowest BCUT2D eigenvalue weighted by molar-refractivity contribution is 0.102. The van der Waals surface area contributed by atoms with Crippen molar-refractivity contribution in [2.75, 3.05) is 5.32 Å². The summed E-state index contributed by atoms with van der Waals surface area (Å²) in [5, 5.41) is 9.80. The summed E-state index contributed by atoms with van der Waals surface area (Å²) in [7, 11) is 0. The van der Waals surface area contributed by atoms with E-state index in [0.29, 0.717) is 34.2 Å². The van der Waals surface area contributed by atoms with Gasteiger partial charge >= 0.3 is 0 Å². The van der Waals surface area contributed by atoms with Crippen molar-refractivity contribution in [2.45, 2.75) is 13.3 Å². The van der Waals surface area contributed by atoms with Gasteiger partial charge < -0.3 is 5.32 Å². The molecule has 0 radical (unpaired) electrons. The fraction of sp³-hybridized carbons (Fsp3) is 0.100. The van der Waals surface area contributed by atoms with Crippen LogP contribution in [-0.4, -0.2) is 25.7 Å². The molecule has 3 heterocycles. The number of nitrogens with one attached hydrogen (secondary N) is 2. The average molecular weight is 426 g/mol. The van der Waals surface area contributed by atoms with Gasteiger partial charge in [-0.1, -0.05) is 30.7 Å². The minimum atomic E-state index is -0.347. The fourth-order valence-electron chi connectivity index (χ4n) is 2.77. The van der Waals surface area contributed by atoms with Gasteiger partial charge in [0.1, 0.15) is 11.5 Å². The molecule has 146 valence electrons. The first kappa shape index (κ1) is 19.1. The number of aromatic amines is 1. The predicted octanol–water partition coefficient (Wildman–Crippen LogP) is 4.15. The highest BCUT2D eigenvalue weighted by Gasteiger charge is 2.17. The molecule has 0 spiro atoms. The molecule has 0 saturated heterocycles. The highest BCUT2D eigenvalue weighted by molar-refractivity contribution is 7.13. The van der Waals surface area contributed by atoms with E-state index in [2.05, 4.69) is 20.4 Å². The Balaban J connectivity index is 1.79. The summed E-state index contributed by atoms with van der Waals surface area (Å²) >= 11 is 7.52. The second-order valence-corrected chi connectivity index (χ2v) is 7.57. The zero-order chi connectivity index (χ0) is 20.4. The van der Waals surface area contributed by atoms with Crippen molar-refractivity contribution in [1.29, 1.82) is 0 Å². The lowest BCUT2D eigenvalue weighted by atomic mass is 10.2. The number of anilines is 1. The Morgan fingerprint density at radius 1 is 1.24 bits per heavy atom. The smallest absolute Gasteiger partial charge is 0.256 e. The highest BCUT2D eigenvalue weighted by Crippen LogP contribution is 2.27. The molecule has 0 aliphatic rings. The van der Waals surface area contributed by atoms with E-state index in [4.69, 9.17) is 11.6 Å². The van der Waals surface area contributed by atoms with Crippen LogP contribution >= 0.6 is 22.9 Å². The van der Waals surface area contributed by atoms with E-state index in [1.54, 1.807) is 30.3 Å². The predicted molar refractivity (Wildman–Crippen MR) is 114 cm³/mol. The quantitative estimate of drug-likeness (QED) is 0.502. The maximum Gasteiger partial charge on any atom is 0.256 e. The standard InChI is InChI=1S/C20H16ClN5O2S/c1-2-14-10-18(27)24-20(22-14)26-17(11-15(25-26)16-7-4-8-29-16)23-19(28)12-5-3-6-13(21)9-12/h3-11H,2H2,1H3,(H,23,28)(H,22,24,27). The number of benzene rings is 1. The number of hydrogen-bond donors (Lipinski definition) is 2. The number of thiophene rings is 1. The third kappa shape index (κ3) is 4.13. The Morgan fingerprint density at radius 2 is 2.10 bits per heavy atom. The second-order valence-electron chi connectivity index (χ2n) is 6.18. The first-order valence-electron chi connectivity index (χ1n) is 8.85. The molecule has 0 saturated carbocycles. The SMILES string of the molecule is CCc1cc(=O)[nH]c(-n2nc(-c3cccs3)cc2NC(=O)c2cccc(Cl)c2)n1. The van der Waals surface area contributed by atoms with Gasteiger partial charge in [-0.25, -0.2) is 4.98 Å². The van der Waals surface area contributed by atoms with Crippen LogP contribution in [0.5, 0.6) is 0 Å². The van der Waals surface area contributed by atoms with Crippen LogP contribution in [0.3, 0.4) is 0 Å². The van der Waals surface area contributed by atoms with Crippen molar-refractivity contribution in [3.8, 4) is 16.5 Å². The number of aromatic nitrogens is 4. The average Bonchev–Trinajstić information content (AvgIpc) is 3.37. The third-order valence-corrected chi connectivity index (χ3v) is 5.28. The molecule has 1 aromatic carbocycles. The molecule has 0 fully saturated rings. The van der Waals surface area contributed by atoms with Gasteiger partial charge in [-0.3, -0.25) is 14.6 Å². The van der Waals surface area contributed by atoms with Crippen molar-refractivity contribution < 1.29 is 4.79 Å². The summed E-state index contributed by atoms with van der Waals surface area (Å²) < 4.78 is 1.43. The summed E-state index contributed by atoms with van der Waals surface area (Å²) in [5.41, 5.74) is 1.41. The molecular weight excluding hydrogens is 410 g/mol. The minimum absolute atomic E-state index is 0.235. The van der Waals surface area contributed by atoms with Crippen molar-refractivity contribution in [2.24, 2.45) is 0 Å². The molecule has 7 nitrogen and oxygen atoms in total. The largest absolute Gasteiger partial charge is 0.306 e. The van der Waals surface area contributed by atoms with Gasteiger partial charge in [0.05, 0.1) is 4.88 Å². The number of H-pyrrole nitrogens is 1. The number of carbonyl (C=O) groups is 1. The van der Waals surface area contributed by atoms with E-state index < -0.39 is 0 Å². The number of halogens is 1. The van der Waals surface area contributed by atoms with Gasteiger partial charge in [0.2, 0.25) is 5.95 Å². The summed E-state index contributed by atoms with van der Waals surface area (Å²) in [6.07, 6.45) is 0.597. The molecule has 29 heavy (non-hydrogen) atoms. The monoisotopic (exact) mass is 425 g/mol. The molecule has 0 bridgehead atoms. The number of rotatable bonds is 5. The topological polar surface area (TPSA) is 92.7 Å². The Labute approximate surface area is 175 Å². The zero-order valence-corrected chi connectivity index (χ0v) is 16.9. The van der Waals surface area contributed by atoms with Crippen LogP contribution in [0.4, 0.5) is 5.82 Å². The minimum Gasteiger partial charge on any atom is -0.306 e. The molecule has 1 amide bonds. The molecule has 0 aliphatic carbocycles. The van der Waals surface area contributed by atoms with Crippen LogP contribution in [0.1, 0.15) is 23.0 Å². The van der Waals surface area contributed by atoms with Gasteiger partial charge in [-0.05, 0) is 36.1 Å². The van der Waals surface area contributed by atoms with Crippen LogP contribution < -0.4 is 10.9 Å². The van der Waals surface area contributed by atoms with E-state index in [0.717, 1.165) is 4.88 Å². The summed E-state index contributed by atoms with van der Waals surface area (Å²) in [5.74, 6) is 0.272. The maximum absolute atomic E-state index is 12.7. The molecule has 0 unspecified atom stereocenters. The van der Waals surface area contributed by atoms with Gasteiger partial charge in [-0.15, -0.1) is 11.3 Å².